The molecule has 0 aliphatic rings. The quantitative estimate of drug-likeness (QED) is 0.310. The van der Waals surface area contributed by atoms with E-state index in [0.717, 1.165) is 12.8 Å². The molecule has 0 saturated carbocycles. The van der Waals surface area contributed by atoms with Crippen LogP contribution < -0.4 is 51.4 Å². The maximum absolute atomic E-state index is 3.64. The Balaban J connectivity index is 0. The Labute approximate surface area is 83.1 Å². The minimum absolute atomic E-state index is 0. The van der Waals surface area contributed by atoms with Gasteiger partial charge < -0.3 is 13.8 Å². The average molecular weight is 109 g/mol. The third kappa shape index (κ3) is 9.16. The summed E-state index contributed by atoms with van der Waals surface area (Å²) in [6, 6.07) is 0. The molecule has 0 radical (unpaired) electrons. The number of rotatable bonds is 2. The summed E-state index contributed by atoms with van der Waals surface area (Å²) in [4.78, 5) is 0. The molecule has 0 aromatic carbocycles. The largest absolute Gasteiger partial charge is 1.00 e. The summed E-state index contributed by atoms with van der Waals surface area (Å²) in [6.45, 7) is 7.27. The Morgan fingerprint density at radius 2 is 1.33 bits per heavy atom. The molecule has 1 heteroatoms. The van der Waals surface area contributed by atoms with E-state index in [9.17, 15) is 0 Å². The van der Waals surface area contributed by atoms with Crippen LogP contribution in [0.25, 0.3) is 0 Å². The minimum atomic E-state index is 0. The van der Waals surface area contributed by atoms with Crippen LogP contribution in [0.3, 0.4) is 0 Å². The first-order valence-electron chi connectivity index (χ1n) is 2.00. The predicted octanol–water partition coefficient (Wildman–Crippen LogP) is -1.17. The molecule has 0 nitrogen and oxygen atoms in total. The van der Waals surface area contributed by atoms with Crippen molar-refractivity contribution in [2.45, 2.75) is 19.3 Å². The van der Waals surface area contributed by atoms with E-state index in [2.05, 4.69) is 13.8 Å². The van der Waals surface area contributed by atoms with E-state index in [-0.39, 0.29) is 51.4 Å². The number of hydrogen-bond acceptors (Lipinski definition) is 0. The van der Waals surface area contributed by atoms with Crippen LogP contribution in [0, 0.1) is 13.8 Å². The molecule has 0 amide bonds. The topological polar surface area (TPSA) is 0 Å². The standard InChI is InChI=1S/C5H10.K/c1-3-5-4-2;/h1-5H2;/q-2;+1. The molecule has 0 aliphatic heterocycles. The van der Waals surface area contributed by atoms with Crippen molar-refractivity contribution in [1.29, 1.82) is 0 Å². The van der Waals surface area contributed by atoms with Gasteiger partial charge in [-0.15, -0.1) is 6.42 Å². The van der Waals surface area contributed by atoms with Gasteiger partial charge in [-0.1, -0.05) is 0 Å². The second-order valence-electron chi connectivity index (χ2n) is 1.06. The van der Waals surface area contributed by atoms with Gasteiger partial charge >= 0.3 is 51.4 Å². The first-order valence-corrected chi connectivity index (χ1v) is 2.00. The fraction of sp³-hybridized carbons (Fsp3) is 0.600. The molecule has 0 atom stereocenters. The van der Waals surface area contributed by atoms with Crippen molar-refractivity contribution in [3.05, 3.63) is 13.8 Å². The summed E-state index contributed by atoms with van der Waals surface area (Å²) >= 11 is 0. The number of unbranched alkanes of at least 4 members (excludes halogenated alkanes) is 2. The average Bonchev–Trinajstić information content (AvgIpc) is 1.41. The minimum Gasteiger partial charge on any atom is -0.343 e. The van der Waals surface area contributed by atoms with Crippen LogP contribution in [0.4, 0.5) is 0 Å². The van der Waals surface area contributed by atoms with Gasteiger partial charge in [-0.3, -0.25) is 0 Å². The van der Waals surface area contributed by atoms with Crippen LogP contribution >= 0.6 is 0 Å². The van der Waals surface area contributed by atoms with Gasteiger partial charge in [-0.2, -0.15) is 12.8 Å². The van der Waals surface area contributed by atoms with E-state index in [0.29, 0.717) is 0 Å². The molecule has 0 bridgehead atoms. The molecule has 6 heavy (non-hydrogen) atoms. The fourth-order valence-electron chi connectivity index (χ4n) is 0.177. The Hall–Kier alpha value is 1.64. The van der Waals surface area contributed by atoms with E-state index in [1.807, 2.05) is 0 Å². The van der Waals surface area contributed by atoms with E-state index in [4.69, 9.17) is 0 Å². The monoisotopic (exact) mass is 109 g/mol. The summed E-state index contributed by atoms with van der Waals surface area (Å²) in [5.41, 5.74) is 0. The summed E-state index contributed by atoms with van der Waals surface area (Å²) in [6.07, 6.45) is 3.23. The maximum Gasteiger partial charge on any atom is 1.00 e. The van der Waals surface area contributed by atoms with E-state index in [1.165, 1.54) is 6.42 Å². The molecule has 0 N–H and O–H groups in total. The third-order valence-corrected chi connectivity index (χ3v) is 0.500. The Morgan fingerprint density at radius 3 is 1.33 bits per heavy atom. The zero-order chi connectivity index (χ0) is 4.12. The van der Waals surface area contributed by atoms with Gasteiger partial charge in [0.05, 0.1) is 0 Å². The summed E-state index contributed by atoms with van der Waals surface area (Å²) in [7, 11) is 0. The zero-order valence-electron chi connectivity index (χ0n) is 4.54. The second kappa shape index (κ2) is 9.81. The van der Waals surface area contributed by atoms with Gasteiger partial charge in [0.25, 0.3) is 0 Å². The van der Waals surface area contributed by atoms with Crippen molar-refractivity contribution in [1.82, 2.24) is 0 Å². The van der Waals surface area contributed by atoms with Crippen LogP contribution in [-0.2, 0) is 0 Å². The molecule has 0 aromatic heterocycles. The first kappa shape index (κ1) is 10.6. The van der Waals surface area contributed by atoms with Crippen molar-refractivity contribution in [3.63, 3.8) is 0 Å². The summed E-state index contributed by atoms with van der Waals surface area (Å²) in [5.74, 6) is 0. The molecule has 0 rings (SSSR count). The van der Waals surface area contributed by atoms with Gasteiger partial charge in [0.15, 0.2) is 0 Å². The Morgan fingerprint density at radius 1 is 1.00 bits per heavy atom. The van der Waals surface area contributed by atoms with Gasteiger partial charge in [0.1, 0.15) is 0 Å². The van der Waals surface area contributed by atoms with Crippen molar-refractivity contribution in [3.8, 4) is 0 Å². The van der Waals surface area contributed by atoms with Crippen molar-refractivity contribution in [2.24, 2.45) is 0 Å². The zero-order valence-corrected chi connectivity index (χ0v) is 7.66. The normalized spacial score (nSPS) is 7.00. The molecule has 0 fully saturated rings. The van der Waals surface area contributed by atoms with Gasteiger partial charge in [0.2, 0.25) is 0 Å². The van der Waals surface area contributed by atoms with Crippen LogP contribution in [0.1, 0.15) is 19.3 Å². The van der Waals surface area contributed by atoms with E-state index < -0.39 is 0 Å². The SMILES string of the molecule is [CH2-]CCC[CH2-].[K+]. The maximum atomic E-state index is 3.64. The molecule has 0 aromatic rings. The Bertz CT molecular complexity index is 11.4. The molecule has 0 aliphatic carbocycles. The van der Waals surface area contributed by atoms with Crippen LogP contribution in [0.15, 0.2) is 0 Å². The van der Waals surface area contributed by atoms with E-state index >= 15 is 0 Å². The summed E-state index contributed by atoms with van der Waals surface area (Å²) < 4.78 is 0. The second-order valence-corrected chi connectivity index (χ2v) is 1.06. The molecule has 0 saturated heterocycles. The first-order chi connectivity index (χ1) is 2.41. The van der Waals surface area contributed by atoms with E-state index in [1.54, 1.807) is 0 Å². The third-order valence-electron chi connectivity index (χ3n) is 0.500. The van der Waals surface area contributed by atoms with Gasteiger partial charge in [-0.25, -0.2) is 0 Å². The fourth-order valence-corrected chi connectivity index (χ4v) is 0.177. The molecule has 0 heterocycles. The Kier molecular flexibility index (Phi) is 17.3. The van der Waals surface area contributed by atoms with Gasteiger partial charge in [0, 0.05) is 0 Å². The van der Waals surface area contributed by atoms with Crippen LogP contribution in [-0.4, -0.2) is 0 Å². The number of hydrogen-bond donors (Lipinski definition) is 0. The van der Waals surface area contributed by atoms with Crippen molar-refractivity contribution < 1.29 is 51.4 Å². The molecule has 0 spiro atoms. The molecule has 32 valence electrons. The predicted molar refractivity (Wildman–Crippen MR) is 24.6 cm³/mol. The molecular formula is C5H10K-. The van der Waals surface area contributed by atoms with Crippen LogP contribution in [0.2, 0.25) is 0 Å². The van der Waals surface area contributed by atoms with Crippen LogP contribution in [0.5, 0.6) is 0 Å². The summed E-state index contributed by atoms with van der Waals surface area (Å²) in [5, 5.41) is 0. The van der Waals surface area contributed by atoms with Gasteiger partial charge in [-0.05, 0) is 0 Å². The van der Waals surface area contributed by atoms with Crippen molar-refractivity contribution in [2.75, 3.05) is 0 Å². The molecular weight excluding hydrogens is 99.2 g/mol. The smallest absolute Gasteiger partial charge is 0.343 e. The molecule has 0 unspecified atom stereocenters. The van der Waals surface area contributed by atoms with Crippen molar-refractivity contribution >= 4 is 0 Å².